The number of ether oxygens (including phenoxy) is 1. The number of piperidine rings is 1. The predicted octanol–water partition coefficient (Wildman–Crippen LogP) is 3.35. The number of carbonyl (C=O) groups is 4. The van der Waals surface area contributed by atoms with Crippen LogP contribution in [0.2, 0.25) is 0 Å². The summed E-state index contributed by atoms with van der Waals surface area (Å²) in [6, 6.07) is 8.73. The average molecular weight is 503 g/mol. The van der Waals surface area contributed by atoms with Gasteiger partial charge in [-0.1, -0.05) is 38.0 Å². The minimum atomic E-state index is -1.82. The molecular formula is C27H38N2O7. The van der Waals surface area contributed by atoms with Gasteiger partial charge in [-0.05, 0) is 68.7 Å². The van der Waals surface area contributed by atoms with Crippen LogP contribution in [0.5, 0.6) is 5.75 Å². The molecule has 1 unspecified atom stereocenters. The number of carbonyl (C=O) groups excluding carboxylic acids is 2. The van der Waals surface area contributed by atoms with E-state index in [1.54, 1.807) is 4.90 Å². The molecule has 1 saturated carbocycles. The van der Waals surface area contributed by atoms with Crippen LogP contribution in [0.25, 0.3) is 0 Å². The summed E-state index contributed by atoms with van der Waals surface area (Å²) < 4.78 is 6.00. The van der Waals surface area contributed by atoms with Gasteiger partial charge in [0.1, 0.15) is 12.4 Å². The van der Waals surface area contributed by atoms with Crippen LogP contribution in [0.1, 0.15) is 70.3 Å². The van der Waals surface area contributed by atoms with Crippen LogP contribution in [-0.2, 0) is 25.6 Å². The highest BCUT2D eigenvalue weighted by Crippen LogP contribution is 2.46. The van der Waals surface area contributed by atoms with E-state index in [-0.39, 0.29) is 17.2 Å². The summed E-state index contributed by atoms with van der Waals surface area (Å²) in [6.45, 7) is 5.58. The monoisotopic (exact) mass is 502 g/mol. The van der Waals surface area contributed by atoms with Crippen LogP contribution >= 0.6 is 0 Å². The number of imide groups is 1. The molecule has 2 aliphatic heterocycles. The fraction of sp³-hybridized carbons (Fsp3) is 0.630. The summed E-state index contributed by atoms with van der Waals surface area (Å²) in [7, 11) is 0. The lowest BCUT2D eigenvalue weighted by Gasteiger charge is -2.37. The maximum Gasteiger partial charge on any atom is 0.414 e. The van der Waals surface area contributed by atoms with Crippen molar-refractivity contribution in [1.29, 1.82) is 0 Å². The normalized spacial score (nSPS) is 20.5. The number of nitrogens with zero attached hydrogens (tertiary/aromatic N) is 2. The van der Waals surface area contributed by atoms with Gasteiger partial charge in [-0.25, -0.2) is 9.59 Å². The molecule has 3 aliphatic rings. The topological polar surface area (TPSA) is 124 Å². The van der Waals surface area contributed by atoms with Gasteiger partial charge in [0.05, 0.1) is 0 Å². The molecule has 36 heavy (non-hydrogen) atoms. The Kier molecular flexibility index (Phi) is 9.87. The molecule has 1 saturated heterocycles. The molecule has 198 valence electrons. The van der Waals surface area contributed by atoms with Gasteiger partial charge in [0, 0.05) is 25.4 Å². The third-order valence-corrected chi connectivity index (χ3v) is 7.47. The predicted molar refractivity (Wildman–Crippen MR) is 133 cm³/mol. The largest absolute Gasteiger partial charge is 0.492 e. The van der Waals surface area contributed by atoms with Crippen molar-refractivity contribution >= 4 is 23.8 Å². The zero-order valence-electron chi connectivity index (χ0n) is 21.1. The first-order valence-electron chi connectivity index (χ1n) is 13.0. The van der Waals surface area contributed by atoms with Crippen LogP contribution in [0.15, 0.2) is 24.3 Å². The molecule has 9 heteroatoms. The fourth-order valence-corrected chi connectivity index (χ4v) is 5.66. The van der Waals surface area contributed by atoms with Gasteiger partial charge in [0.15, 0.2) is 0 Å². The second kappa shape index (κ2) is 12.9. The smallest absolute Gasteiger partial charge is 0.414 e. The number of unbranched alkanes of at least 4 members (excludes halogenated alkanes) is 1. The number of hydrogen-bond donors (Lipinski definition) is 2. The molecule has 1 spiro atoms. The summed E-state index contributed by atoms with van der Waals surface area (Å²) in [5.41, 5.74) is 1.29. The van der Waals surface area contributed by atoms with E-state index in [4.69, 9.17) is 24.5 Å². The number of benzene rings is 1. The van der Waals surface area contributed by atoms with Crippen LogP contribution in [0.3, 0.4) is 0 Å². The molecule has 2 fully saturated rings. The quantitative estimate of drug-likeness (QED) is 0.315. The molecule has 2 heterocycles. The highest BCUT2D eigenvalue weighted by atomic mass is 16.5. The van der Waals surface area contributed by atoms with E-state index in [2.05, 4.69) is 30.0 Å². The number of carboxylic acid groups (broad SMARTS) is 2. The van der Waals surface area contributed by atoms with Crippen molar-refractivity contribution in [2.45, 2.75) is 77.2 Å². The Labute approximate surface area is 212 Å². The van der Waals surface area contributed by atoms with Gasteiger partial charge in [-0.15, -0.1) is 0 Å². The molecule has 0 aromatic heterocycles. The molecule has 1 aromatic rings. The lowest BCUT2D eigenvalue weighted by molar-refractivity contribution is -0.159. The highest BCUT2D eigenvalue weighted by molar-refractivity contribution is 6.27. The molecule has 0 bridgehead atoms. The van der Waals surface area contributed by atoms with E-state index < -0.39 is 11.9 Å². The molecule has 9 nitrogen and oxygen atoms in total. The van der Waals surface area contributed by atoms with E-state index >= 15 is 0 Å². The lowest BCUT2D eigenvalue weighted by Crippen LogP contribution is -2.47. The number of likely N-dealkylation sites (tertiary alicyclic amines) is 1. The Morgan fingerprint density at radius 1 is 1.03 bits per heavy atom. The van der Waals surface area contributed by atoms with Gasteiger partial charge in [-0.3, -0.25) is 19.4 Å². The Bertz CT molecular complexity index is 910. The summed E-state index contributed by atoms with van der Waals surface area (Å²) in [5.74, 6) is -2.50. The zero-order chi connectivity index (χ0) is 26.1. The number of aliphatic carboxylic acids is 2. The van der Waals surface area contributed by atoms with Crippen molar-refractivity contribution in [3.8, 4) is 5.75 Å². The Morgan fingerprint density at radius 3 is 2.28 bits per heavy atom. The summed E-state index contributed by atoms with van der Waals surface area (Å²) >= 11 is 0. The molecule has 2 amide bonds. The van der Waals surface area contributed by atoms with Gasteiger partial charge in [0.2, 0.25) is 11.8 Å². The molecule has 1 aromatic carbocycles. The van der Waals surface area contributed by atoms with Gasteiger partial charge in [0.25, 0.3) is 0 Å². The van der Waals surface area contributed by atoms with Crippen molar-refractivity contribution in [2.75, 3.05) is 26.2 Å². The van der Waals surface area contributed by atoms with Gasteiger partial charge >= 0.3 is 11.9 Å². The number of para-hydroxylation sites is 1. The molecule has 0 radical (unpaired) electrons. The van der Waals surface area contributed by atoms with E-state index in [9.17, 15) is 9.59 Å². The van der Waals surface area contributed by atoms with E-state index in [1.807, 2.05) is 6.07 Å². The molecule has 1 aliphatic carbocycles. The summed E-state index contributed by atoms with van der Waals surface area (Å²) in [6.07, 6.45) is 9.64. The number of carboxylic acids is 2. The Morgan fingerprint density at radius 2 is 1.67 bits per heavy atom. The molecule has 1 atom stereocenters. The van der Waals surface area contributed by atoms with Crippen molar-refractivity contribution in [1.82, 2.24) is 9.80 Å². The van der Waals surface area contributed by atoms with E-state index in [0.717, 1.165) is 64.0 Å². The maximum atomic E-state index is 12.6. The van der Waals surface area contributed by atoms with Crippen molar-refractivity contribution in [3.05, 3.63) is 29.8 Å². The zero-order valence-corrected chi connectivity index (χ0v) is 21.1. The van der Waals surface area contributed by atoms with Gasteiger partial charge in [-0.2, -0.15) is 0 Å². The van der Waals surface area contributed by atoms with Crippen molar-refractivity contribution in [2.24, 2.45) is 5.41 Å². The first-order valence-corrected chi connectivity index (χ1v) is 13.0. The van der Waals surface area contributed by atoms with E-state index in [0.29, 0.717) is 25.4 Å². The van der Waals surface area contributed by atoms with Crippen LogP contribution < -0.4 is 4.74 Å². The standard InChI is InChI=1S/C25H36N2O3.C2H2O4/c1-2-13-26(21-16-20-9-3-4-10-22(20)30-19-21)14-7-8-15-27-23(28)17-25(18-24(27)29)11-5-6-12-25;3-1(4)2(5)6/h3-4,9-10,21H,2,5-8,11-19H2,1H3;(H,3,4)(H,5,6). The minimum Gasteiger partial charge on any atom is -0.492 e. The number of rotatable bonds is 8. The third kappa shape index (κ3) is 7.29. The fourth-order valence-electron chi connectivity index (χ4n) is 5.66. The first-order chi connectivity index (χ1) is 17.2. The molecular weight excluding hydrogens is 464 g/mol. The molecule has 4 rings (SSSR count). The van der Waals surface area contributed by atoms with Crippen LogP contribution in [0.4, 0.5) is 0 Å². The van der Waals surface area contributed by atoms with Gasteiger partial charge < -0.3 is 14.9 Å². The number of hydrogen-bond acceptors (Lipinski definition) is 6. The lowest BCUT2D eigenvalue weighted by atomic mass is 9.76. The summed E-state index contributed by atoms with van der Waals surface area (Å²) in [5, 5.41) is 14.8. The van der Waals surface area contributed by atoms with Crippen molar-refractivity contribution < 1.29 is 34.1 Å². The highest BCUT2D eigenvalue weighted by Gasteiger charge is 2.44. The Hall–Kier alpha value is -2.94. The summed E-state index contributed by atoms with van der Waals surface area (Å²) in [4.78, 5) is 47.6. The van der Waals surface area contributed by atoms with Crippen molar-refractivity contribution in [3.63, 3.8) is 0 Å². The number of amides is 2. The van der Waals surface area contributed by atoms with Crippen LogP contribution in [0, 0.1) is 5.41 Å². The second-order valence-electron chi connectivity index (χ2n) is 10.1. The minimum absolute atomic E-state index is 0.000133. The molecule has 2 N–H and O–H groups in total. The van der Waals surface area contributed by atoms with E-state index in [1.165, 1.54) is 18.4 Å². The average Bonchev–Trinajstić information content (AvgIpc) is 3.29. The first kappa shape index (κ1) is 27.6. The SMILES string of the molecule is CCCN(CCCCN1C(=O)CC2(CCCC2)CC1=O)C1COc2ccccc2C1.O=C(O)C(=O)O. The second-order valence-corrected chi connectivity index (χ2v) is 10.1. The third-order valence-electron chi connectivity index (χ3n) is 7.47. The van der Waals surface area contributed by atoms with Crippen LogP contribution in [-0.4, -0.2) is 76.0 Å². The number of fused-ring (bicyclic) bond motifs is 1. The Balaban J connectivity index is 0.000000538. The maximum absolute atomic E-state index is 12.6.